The number of hydrogen-bond acceptors (Lipinski definition) is 5. The van der Waals surface area contributed by atoms with Crippen LogP contribution in [0.25, 0.3) is 0 Å². The molecule has 1 unspecified atom stereocenters. The number of benzene rings is 1. The molecular formula is C16H28ClN3O4S2. The summed E-state index contributed by atoms with van der Waals surface area (Å²) in [7, 11) is -6.06. The SMILES string of the molecule is Cc1ccc(S(=O)(=O)N2CCCCC2)cc1S(=O)(=O)N(C)C(C)CN.Cl. The summed E-state index contributed by atoms with van der Waals surface area (Å²) in [6, 6.07) is 3.91. The molecule has 1 heterocycles. The fourth-order valence-corrected chi connectivity index (χ4v) is 6.05. The average molecular weight is 426 g/mol. The normalized spacial score (nSPS) is 17.7. The lowest BCUT2D eigenvalue weighted by Crippen LogP contribution is -2.40. The van der Waals surface area contributed by atoms with E-state index in [0.29, 0.717) is 18.7 Å². The standard InChI is InChI=1S/C16H27N3O4S2.ClH/c1-13-7-8-15(24(20,21)19-9-5-4-6-10-19)11-16(13)25(22,23)18(3)14(2)12-17;/h7-8,11,14H,4-6,9-10,12,17H2,1-3H3;1H. The maximum Gasteiger partial charge on any atom is 0.243 e. The molecule has 1 aliphatic heterocycles. The smallest absolute Gasteiger partial charge is 0.243 e. The molecule has 7 nitrogen and oxygen atoms in total. The summed E-state index contributed by atoms with van der Waals surface area (Å²) < 4.78 is 54.0. The fraction of sp³-hybridized carbons (Fsp3) is 0.625. The van der Waals surface area contributed by atoms with Gasteiger partial charge in [0.1, 0.15) is 0 Å². The Hall–Kier alpha value is -0.710. The van der Waals surface area contributed by atoms with Crippen LogP contribution in [0.5, 0.6) is 0 Å². The van der Waals surface area contributed by atoms with Crippen LogP contribution in [0.15, 0.2) is 28.0 Å². The van der Waals surface area contributed by atoms with Gasteiger partial charge in [0.25, 0.3) is 0 Å². The molecule has 0 saturated carbocycles. The van der Waals surface area contributed by atoms with E-state index in [1.165, 1.54) is 27.8 Å². The Kier molecular flexibility index (Phi) is 8.06. The minimum absolute atomic E-state index is 0. The number of aryl methyl sites for hydroxylation is 1. The molecule has 1 fully saturated rings. The zero-order chi connectivity index (χ0) is 18.8. The van der Waals surface area contributed by atoms with E-state index in [2.05, 4.69) is 0 Å². The van der Waals surface area contributed by atoms with Crippen molar-refractivity contribution in [3.05, 3.63) is 23.8 Å². The van der Waals surface area contributed by atoms with Crippen LogP contribution in [-0.4, -0.2) is 58.2 Å². The monoisotopic (exact) mass is 425 g/mol. The van der Waals surface area contributed by atoms with Crippen molar-refractivity contribution in [2.24, 2.45) is 5.73 Å². The van der Waals surface area contributed by atoms with Crippen LogP contribution in [0.2, 0.25) is 0 Å². The van der Waals surface area contributed by atoms with Crippen molar-refractivity contribution >= 4 is 32.5 Å². The molecule has 0 aliphatic carbocycles. The van der Waals surface area contributed by atoms with E-state index in [0.717, 1.165) is 19.3 Å². The summed E-state index contributed by atoms with van der Waals surface area (Å²) in [6.45, 7) is 4.50. The van der Waals surface area contributed by atoms with E-state index < -0.39 is 20.0 Å². The molecular weight excluding hydrogens is 398 g/mol. The van der Waals surface area contributed by atoms with Crippen molar-refractivity contribution < 1.29 is 16.8 Å². The Bertz CT molecular complexity index is 822. The number of nitrogens with zero attached hydrogens (tertiary/aromatic N) is 2. The number of piperidine rings is 1. The highest BCUT2D eigenvalue weighted by atomic mass is 35.5. The zero-order valence-corrected chi connectivity index (χ0v) is 17.8. The Morgan fingerprint density at radius 3 is 2.27 bits per heavy atom. The first-order valence-electron chi connectivity index (χ1n) is 8.41. The Labute approximate surface area is 163 Å². The maximum atomic E-state index is 12.9. The highest BCUT2D eigenvalue weighted by Crippen LogP contribution is 2.27. The predicted molar refractivity (Wildman–Crippen MR) is 105 cm³/mol. The predicted octanol–water partition coefficient (Wildman–Crippen LogP) is 1.56. The Morgan fingerprint density at radius 1 is 1.15 bits per heavy atom. The van der Waals surface area contributed by atoms with Crippen molar-refractivity contribution in [3.8, 4) is 0 Å². The lowest BCUT2D eigenvalue weighted by Gasteiger charge is -2.27. The topological polar surface area (TPSA) is 101 Å². The van der Waals surface area contributed by atoms with Crippen LogP contribution in [0.3, 0.4) is 0 Å². The van der Waals surface area contributed by atoms with Crippen LogP contribution in [0, 0.1) is 6.92 Å². The van der Waals surface area contributed by atoms with Crippen molar-refractivity contribution in [1.29, 1.82) is 0 Å². The summed E-state index contributed by atoms with van der Waals surface area (Å²) in [6.07, 6.45) is 2.67. The van der Waals surface area contributed by atoms with Crippen molar-refractivity contribution in [3.63, 3.8) is 0 Å². The number of rotatable bonds is 6. The minimum atomic E-state index is -3.82. The molecule has 26 heavy (non-hydrogen) atoms. The van der Waals surface area contributed by atoms with Gasteiger partial charge < -0.3 is 5.73 Å². The molecule has 10 heteroatoms. The summed E-state index contributed by atoms with van der Waals surface area (Å²) >= 11 is 0. The van der Waals surface area contributed by atoms with Gasteiger partial charge in [-0.25, -0.2) is 16.8 Å². The molecule has 1 saturated heterocycles. The summed E-state index contributed by atoms with van der Waals surface area (Å²) in [5, 5.41) is 0. The third kappa shape index (κ3) is 4.58. The van der Waals surface area contributed by atoms with Gasteiger partial charge in [0.2, 0.25) is 20.0 Å². The van der Waals surface area contributed by atoms with E-state index in [9.17, 15) is 16.8 Å². The first kappa shape index (κ1) is 23.3. The molecule has 0 aromatic heterocycles. The second kappa shape index (κ2) is 8.99. The molecule has 0 radical (unpaired) electrons. The molecule has 0 spiro atoms. The molecule has 0 amide bonds. The summed E-state index contributed by atoms with van der Waals surface area (Å²) in [4.78, 5) is 0.0285. The van der Waals surface area contributed by atoms with Crippen LogP contribution < -0.4 is 5.73 Å². The third-order valence-electron chi connectivity index (χ3n) is 4.73. The summed E-state index contributed by atoms with van der Waals surface area (Å²) in [5.41, 5.74) is 6.08. The van der Waals surface area contributed by atoms with Crippen molar-refractivity contribution in [2.45, 2.75) is 48.9 Å². The van der Waals surface area contributed by atoms with Gasteiger partial charge in [0, 0.05) is 32.7 Å². The van der Waals surface area contributed by atoms with Crippen LogP contribution in [-0.2, 0) is 20.0 Å². The fourth-order valence-electron chi connectivity index (χ4n) is 2.81. The van der Waals surface area contributed by atoms with Gasteiger partial charge in [-0.05, 0) is 44.4 Å². The molecule has 1 aromatic carbocycles. The minimum Gasteiger partial charge on any atom is -0.329 e. The largest absolute Gasteiger partial charge is 0.329 e. The number of halogens is 1. The van der Waals surface area contributed by atoms with Gasteiger partial charge in [-0.3, -0.25) is 0 Å². The van der Waals surface area contributed by atoms with Crippen LogP contribution in [0.4, 0.5) is 0 Å². The van der Waals surface area contributed by atoms with E-state index >= 15 is 0 Å². The van der Waals surface area contributed by atoms with Gasteiger partial charge in [0.15, 0.2) is 0 Å². The highest BCUT2D eigenvalue weighted by molar-refractivity contribution is 7.90. The van der Waals surface area contributed by atoms with E-state index in [1.807, 2.05) is 0 Å². The van der Waals surface area contributed by atoms with Gasteiger partial charge in [-0.2, -0.15) is 8.61 Å². The van der Waals surface area contributed by atoms with Gasteiger partial charge in [0.05, 0.1) is 9.79 Å². The molecule has 2 N–H and O–H groups in total. The zero-order valence-electron chi connectivity index (χ0n) is 15.4. The number of hydrogen-bond donors (Lipinski definition) is 1. The van der Waals surface area contributed by atoms with E-state index in [-0.39, 0.29) is 34.8 Å². The van der Waals surface area contributed by atoms with Crippen LogP contribution in [0.1, 0.15) is 31.7 Å². The van der Waals surface area contributed by atoms with Crippen molar-refractivity contribution in [1.82, 2.24) is 8.61 Å². The molecule has 150 valence electrons. The molecule has 0 bridgehead atoms. The molecule has 1 aromatic rings. The molecule has 2 rings (SSSR count). The molecule has 1 atom stereocenters. The lowest BCUT2D eigenvalue weighted by molar-refractivity contribution is 0.346. The van der Waals surface area contributed by atoms with Gasteiger partial charge >= 0.3 is 0 Å². The molecule has 1 aliphatic rings. The van der Waals surface area contributed by atoms with E-state index in [1.54, 1.807) is 19.9 Å². The maximum absolute atomic E-state index is 12.9. The number of sulfonamides is 2. The second-order valence-electron chi connectivity index (χ2n) is 6.50. The third-order valence-corrected chi connectivity index (χ3v) is 8.74. The Morgan fingerprint density at radius 2 is 1.73 bits per heavy atom. The number of likely N-dealkylation sites (N-methyl/N-ethyl adjacent to an activating group) is 1. The second-order valence-corrected chi connectivity index (χ2v) is 10.4. The highest BCUT2D eigenvalue weighted by Gasteiger charge is 2.30. The Balaban J connectivity index is 0.00000338. The first-order valence-corrected chi connectivity index (χ1v) is 11.3. The first-order chi connectivity index (χ1) is 11.6. The lowest BCUT2D eigenvalue weighted by atomic mass is 10.2. The van der Waals surface area contributed by atoms with Gasteiger partial charge in [-0.15, -0.1) is 12.4 Å². The number of nitrogens with two attached hydrogens (primary N) is 1. The average Bonchev–Trinajstić information content (AvgIpc) is 2.61. The van der Waals surface area contributed by atoms with E-state index in [4.69, 9.17) is 5.73 Å². The van der Waals surface area contributed by atoms with Crippen molar-refractivity contribution in [2.75, 3.05) is 26.7 Å². The van der Waals surface area contributed by atoms with Gasteiger partial charge in [-0.1, -0.05) is 12.5 Å². The quantitative estimate of drug-likeness (QED) is 0.745. The van der Waals surface area contributed by atoms with Crippen LogP contribution >= 0.6 is 12.4 Å². The summed E-state index contributed by atoms with van der Waals surface area (Å²) in [5.74, 6) is 0.